The summed E-state index contributed by atoms with van der Waals surface area (Å²) >= 11 is 5.89. The Morgan fingerprint density at radius 2 is 1.44 bits per heavy atom. The molecule has 0 bridgehead atoms. The van der Waals surface area contributed by atoms with Gasteiger partial charge >= 0.3 is 0 Å². The fourth-order valence-electron chi connectivity index (χ4n) is 1.75. The molecule has 0 aliphatic rings. The van der Waals surface area contributed by atoms with Crippen LogP contribution in [0.2, 0.25) is 5.02 Å². The molecule has 0 aromatic heterocycles. The van der Waals surface area contributed by atoms with Gasteiger partial charge in [-0.2, -0.15) is 0 Å². The average Bonchev–Trinajstić information content (AvgIpc) is 2.34. The SMILES string of the molecule is C/C=C(/c1ccccc1)c1ccc(Cl)cc1. The van der Waals surface area contributed by atoms with Crippen molar-refractivity contribution in [2.24, 2.45) is 0 Å². The van der Waals surface area contributed by atoms with Crippen molar-refractivity contribution in [3.63, 3.8) is 0 Å². The van der Waals surface area contributed by atoms with Gasteiger partial charge in [-0.1, -0.05) is 60.1 Å². The zero-order chi connectivity index (χ0) is 11.4. The summed E-state index contributed by atoms with van der Waals surface area (Å²) in [6.07, 6.45) is 2.12. The van der Waals surface area contributed by atoms with E-state index in [4.69, 9.17) is 11.6 Å². The molecule has 0 nitrogen and oxygen atoms in total. The molecule has 16 heavy (non-hydrogen) atoms. The first kappa shape index (κ1) is 11.0. The second kappa shape index (κ2) is 5.00. The van der Waals surface area contributed by atoms with Gasteiger partial charge in [0.25, 0.3) is 0 Å². The van der Waals surface area contributed by atoms with E-state index >= 15 is 0 Å². The minimum atomic E-state index is 0.771. The zero-order valence-electron chi connectivity index (χ0n) is 9.15. The molecule has 2 rings (SSSR count). The predicted molar refractivity (Wildman–Crippen MR) is 70.6 cm³/mol. The van der Waals surface area contributed by atoms with Crippen LogP contribution >= 0.6 is 11.6 Å². The standard InChI is InChI=1S/C15H13Cl/c1-2-15(12-6-4-3-5-7-12)13-8-10-14(16)11-9-13/h2-11H,1H3/b15-2-. The molecular weight excluding hydrogens is 216 g/mol. The zero-order valence-corrected chi connectivity index (χ0v) is 9.91. The monoisotopic (exact) mass is 228 g/mol. The highest BCUT2D eigenvalue weighted by atomic mass is 35.5. The molecule has 0 saturated heterocycles. The van der Waals surface area contributed by atoms with E-state index in [-0.39, 0.29) is 0 Å². The average molecular weight is 229 g/mol. The fourth-order valence-corrected chi connectivity index (χ4v) is 1.87. The van der Waals surface area contributed by atoms with E-state index in [1.54, 1.807) is 0 Å². The van der Waals surface area contributed by atoms with Crippen LogP contribution in [0.1, 0.15) is 18.1 Å². The Labute approximate surface area is 101 Å². The van der Waals surface area contributed by atoms with Crippen molar-refractivity contribution in [2.75, 3.05) is 0 Å². The molecule has 2 aromatic carbocycles. The third-order valence-corrected chi connectivity index (χ3v) is 2.78. The van der Waals surface area contributed by atoms with Gasteiger partial charge < -0.3 is 0 Å². The summed E-state index contributed by atoms with van der Waals surface area (Å²) in [7, 11) is 0. The summed E-state index contributed by atoms with van der Waals surface area (Å²) in [4.78, 5) is 0. The van der Waals surface area contributed by atoms with Crippen LogP contribution in [-0.4, -0.2) is 0 Å². The van der Waals surface area contributed by atoms with Gasteiger partial charge in [-0.3, -0.25) is 0 Å². The number of halogens is 1. The Balaban J connectivity index is 2.42. The van der Waals surface area contributed by atoms with Gasteiger partial charge in [-0.05, 0) is 35.8 Å². The van der Waals surface area contributed by atoms with E-state index in [0.717, 1.165) is 5.02 Å². The van der Waals surface area contributed by atoms with E-state index in [2.05, 4.69) is 37.3 Å². The molecule has 0 N–H and O–H groups in total. The molecule has 0 saturated carbocycles. The van der Waals surface area contributed by atoms with Crippen LogP contribution < -0.4 is 0 Å². The molecule has 0 aliphatic carbocycles. The van der Waals surface area contributed by atoms with Crippen molar-refractivity contribution in [3.8, 4) is 0 Å². The van der Waals surface area contributed by atoms with E-state index in [0.29, 0.717) is 0 Å². The Hall–Kier alpha value is -1.53. The first-order valence-electron chi connectivity index (χ1n) is 5.29. The Morgan fingerprint density at radius 3 is 2.00 bits per heavy atom. The number of rotatable bonds is 2. The first-order chi connectivity index (χ1) is 7.81. The van der Waals surface area contributed by atoms with Crippen molar-refractivity contribution in [3.05, 3.63) is 76.8 Å². The molecule has 1 heteroatoms. The first-order valence-corrected chi connectivity index (χ1v) is 5.67. The van der Waals surface area contributed by atoms with Crippen molar-refractivity contribution in [1.82, 2.24) is 0 Å². The third kappa shape index (κ3) is 2.34. The summed E-state index contributed by atoms with van der Waals surface area (Å²) < 4.78 is 0. The van der Waals surface area contributed by atoms with Gasteiger partial charge in [0.1, 0.15) is 0 Å². The van der Waals surface area contributed by atoms with Gasteiger partial charge in [0, 0.05) is 5.02 Å². The maximum atomic E-state index is 5.89. The molecule has 0 spiro atoms. The Bertz CT molecular complexity index is 481. The number of allylic oxidation sites excluding steroid dienone is 1. The van der Waals surface area contributed by atoms with Gasteiger partial charge in [0.2, 0.25) is 0 Å². The van der Waals surface area contributed by atoms with E-state index in [1.807, 2.05) is 30.3 Å². The maximum absolute atomic E-state index is 5.89. The number of benzene rings is 2. The predicted octanol–water partition coefficient (Wildman–Crippen LogP) is 4.79. The van der Waals surface area contributed by atoms with E-state index in [1.165, 1.54) is 16.7 Å². The van der Waals surface area contributed by atoms with Gasteiger partial charge in [0.15, 0.2) is 0 Å². The normalized spacial score (nSPS) is 11.5. The third-order valence-electron chi connectivity index (χ3n) is 2.53. The Morgan fingerprint density at radius 1 is 0.875 bits per heavy atom. The molecular formula is C15H13Cl. The molecule has 0 fully saturated rings. The lowest BCUT2D eigenvalue weighted by Crippen LogP contribution is -1.86. The van der Waals surface area contributed by atoms with Crippen LogP contribution in [0.4, 0.5) is 0 Å². The van der Waals surface area contributed by atoms with E-state index in [9.17, 15) is 0 Å². The minimum Gasteiger partial charge on any atom is -0.0843 e. The van der Waals surface area contributed by atoms with Crippen LogP contribution in [0.3, 0.4) is 0 Å². The highest BCUT2D eigenvalue weighted by Gasteiger charge is 2.02. The molecule has 0 atom stereocenters. The van der Waals surface area contributed by atoms with Crippen molar-refractivity contribution < 1.29 is 0 Å². The van der Waals surface area contributed by atoms with E-state index < -0.39 is 0 Å². The quantitative estimate of drug-likeness (QED) is 0.693. The molecule has 0 aliphatic heterocycles. The summed E-state index contributed by atoms with van der Waals surface area (Å²) in [5.74, 6) is 0. The lowest BCUT2D eigenvalue weighted by molar-refractivity contribution is 1.53. The molecule has 0 unspecified atom stereocenters. The van der Waals surface area contributed by atoms with Crippen LogP contribution in [0.25, 0.3) is 5.57 Å². The molecule has 0 heterocycles. The molecule has 80 valence electrons. The second-order valence-corrected chi connectivity index (χ2v) is 4.01. The lowest BCUT2D eigenvalue weighted by Gasteiger charge is -2.07. The van der Waals surface area contributed by atoms with Crippen LogP contribution in [0.15, 0.2) is 60.7 Å². The van der Waals surface area contributed by atoms with Crippen molar-refractivity contribution in [2.45, 2.75) is 6.92 Å². The summed E-state index contributed by atoms with van der Waals surface area (Å²) in [5.41, 5.74) is 3.66. The fraction of sp³-hybridized carbons (Fsp3) is 0.0667. The largest absolute Gasteiger partial charge is 0.0843 e. The highest BCUT2D eigenvalue weighted by molar-refractivity contribution is 6.30. The molecule has 2 aromatic rings. The summed E-state index contributed by atoms with van der Waals surface area (Å²) in [6.45, 7) is 2.05. The topological polar surface area (TPSA) is 0 Å². The summed E-state index contributed by atoms with van der Waals surface area (Å²) in [6, 6.07) is 18.3. The maximum Gasteiger partial charge on any atom is 0.0406 e. The smallest absolute Gasteiger partial charge is 0.0406 e. The van der Waals surface area contributed by atoms with Crippen molar-refractivity contribution >= 4 is 17.2 Å². The number of hydrogen-bond donors (Lipinski definition) is 0. The summed E-state index contributed by atoms with van der Waals surface area (Å²) in [5, 5.41) is 0.771. The minimum absolute atomic E-state index is 0.771. The van der Waals surface area contributed by atoms with Gasteiger partial charge in [-0.25, -0.2) is 0 Å². The van der Waals surface area contributed by atoms with Gasteiger partial charge in [0.05, 0.1) is 0 Å². The second-order valence-electron chi connectivity index (χ2n) is 3.58. The van der Waals surface area contributed by atoms with Crippen LogP contribution in [-0.2, 0) is 0 Å². The van der Waals surface area contributed by atoms with Crippen LogP contribution in [0.5, 0.6) is 0 Å². The van der Waals surface area contributed by atoms with Gasteiger partial charge in [-0.15, -0.1) is 0 Å². The molecule has 0 radical (unpaired) electrons. The Kier molecular flexibility index (Phi) is 3.43. The highest BCUT2D eigenvalue weighted by Crippen LogP contribution is 2.24. The van der Waals surface area contributed by atoms with Crippen LogP contribution in [0, 0.1) is 0 Å². The lowest BCUT2D eigenvalue weighted by atomic mass is 9.98. The van der Waals surface area contributed by atoms with Crippen molar-refractivity contribution in [1.29, 1.82) is 0 Å². The molecule has 0 amide bonds. The number of hydrogen-bond acceptors (Lipinski definition) is 0.